The molecule has 1 aliphatic rings. The van der Waals surface area contributed by atoms with Crippen LogP contribution in [0.15, 0.2) is 36.4 Å². The number of aryl methyl sites for hydroxylation is 1. The van der Waals surface area contributed by atoms with Crippen LogP contribution in [0.1, 0.15) is 27.0 Å². The number of hydrogen-bond acceptors (Lipinski definition) is 2. The van der Waals surface area contributed by atoms with Gasteiger partial charge in [0.05, 0.1) is 6.61 Å². The van der Waals surface area contributed by atoms with Gasteiger partial charge >= 0.3 is 0 Å². The zero-order chi connectivity index (χ0) is 12.7. The minimum atomic E-state index is 0.130. The third-order valence-corrected chi connectivity index (χ3v) is 3.47. The first kappa shape index (κ1) is 11.2. The monoisotopic (exact) mass is 238 g/mol. The molecule has 0 N–H and O–H groups in total. The molecule has 0 unspecified atom stereocenters. The van der Waals surface area contributed by atoms with Crippen LogP contribution in [0, 0.1) is 6.92 Å². The molecule has 0 saturated carbocycles. The molecular weight excluding hydrogens is 224 g/mol. The third kappa shape index (κ3) is 1.42. The highest BCUT2D eigenvalue weighted by molar-refractivity contribution is 6.23. The SMILES string of the molecule is COCc1cccc2c1C(=O)c1c(C)cccc1-2. The highest BCUT2D eigenvalue weighted by atomic mass is 16.5. The van der Waals surface area contributed by atoms with E-state index in [9.17, 15) is 4.79 Å². The normalized spacial score (nSPS) is 12.4. The maximum absolute atomic E-state index is 12.5. The van der Waals surface area contributed by atoms with Crippen LogP contribution in [0.3, 0.4) is 0 Å². The fourth-order valence-corrected chi connectivity index (χ4v) is 2.69. The Morgan fingerprint density at radius 2 is 1.67 bits per heavy atom. The van der Waals surface area contributed by atoms with Crippen molar-refractivity contribution < 1.29 is 9.53 Å². The van der Waals surface area contributed by atoms with Crippen molar-refractivity contribution in [1.29, 1.82) is 0 Å². The van der Waals surface area contributed by atoms with Crippen LogP contribution in [0.2, 0.25) is 0 Å². The number of benzene rings is 2. The van der Waals surface area contributed by atoms with Gasteiger partial charge in [0, 0.05) is 18.2 Å². The van der Waals surface area contributed by atoms with E-state index in [1.165, 1.54) is 0 Å². The van der Waals surface area contributed by atoms with Gasteiger partial charge in [-0.2, -0.15) is 0 Å². The summed E-state index contributed by atoms with van der Waals surface area (Å²) < 4.78 is 5.18. The first-order valence-electron chi connectivity index (χ1n) is 5.99. The molecule has 0 heterocycles. The van der Waals surface area contributed by atoms with E-state index >= 15 is 0 Å². The van der Waals surface area contributed by atoms with Gasteiger partial charge < -0.3 is 4.74 Å². The Balaban J connectivity index is 2.29. The Morgan fingerprint density at radius 1 is 1.00 bits per heavy atom. The molecule has 1 aliphatic carbocycles. The number of ketones is 1. The summed E-state index contributed by atoms with van der Waals surface area (Å²) in [6.07, 6.45) is 0. The first-order chi connectivity index (χ1) is 8.74. The second-order valence-electron chi connectivity index (χ2n) is 4.60. The van der Waals surface area contributed by atoms with Crippen LogP contribution in [-0.4, -0.2) is 12.9 Å². The summed E-state index contributed by atoms with van der Waals surface area (Å²) in [5.41, 5.74) is 5.74. The Morgan fingerprint density at radius 3 is 2.39 bits per heavy atom. The van der Waals surface area contributed by atoms with Gasteiger partial charge in [0.2, 0.25) is 0 Å². The molecule has 0 atom stereocenters. The summed E-state index contributed by atoms with van der Waals surface area (Å²) in [5.74, 6) is 0.130. The number of hydrogen-bond donors (Lipinski definition) is 0. The molecule has 0 fully saturated rings. The summed E-state index contributed by atoms with van der Waals surface area (Å²) in [5, 5.41) is 0. The second-order valence-corrected chi connectivity index (χ2v) is 4.60. The van der Waals surface area contributed by atoms with E-state index in [1.54, 1.807) is 7.11 Å². The second kappa shape index (κ2) is 4.07. The number of methoxy groups -OCH3 is 1. The standard InChI is InChI=1S/C16H14O2/c1-10-5-3-7-12-13-8-4-6-11(9-18-2)15(13)16(17)14(10)12/h3-8H,9H2,1-2H3. The van der Waals surface area contributed by atoms with Gasteiger partial charge in [-0.15, -0.1) is 0 Å². The molecule has 2 aromatic carbocycles. The van der Waals surface area contributed by atoms with Gasteiger partial charge in [0.1, 0.15) is 0 Å². The van der Waals surface area contributed by atoms with Crippen LogP contribution >= 0.6 is 0 Å². The van der Waals surface area contributed by atoms with E-state index in [-0.39, 0.29) is 5.78 Å². The zero-order valence-electron chi connectivity index (χ0n) is 10.5. The van der Waals surface area contributed by atoms with Crippen molar-refractivity contribution >= 4 is 5.78 Å². The van der Waals surface area contributed by atoms with Crippen LogP contribution < -0.4 is 0 Å². The molecule has 3 rings (SSSR count). The summed E-state index contributed by atoms with van der Waals surface area (Å²) >= 11 is 0. The fraction of sp³-hybridized carbons (Fsp3) is 0.188. The van der Waals surface area contributed by atoms with Crippen molar-refractivity contribution in [3.63, 3.8) is 0 Å². The average molecular weight is 238 g/mol. The predicted octanol–water partition coefficient (Wildman–Crippen LogP) is 3.35. The summed E-state index contributed by atoms with van der Waals surface area (Å²) in [4.78, 5) is 12.5. The van der Waals surface area contributed by atoms with Gasteiger partial charge in [0.25, 0.3) is 0 Å². The Labute approximate surface area is 106 Å². The van der Waals surface area contributed by atoms with Crippen molar-refractivity contribution in [2.75, 3.05) is 7.11 Å². The van der Waals surface area contributed by atoms with Gasteiger partial charge in [-0.1, -0.05) is 36.4 Å². The van der Waals surface area contributed by atoms with Crippen LogP contribution in [0.4, 0.5) is 0 Å². The zero-order valence-corrected chi connectivity index (χ0v) is 10.5. The molecule has 0 amide bonds. The lowest BCUT2D eigenvalue weighted by Crippen LogP contribution is -2.03. The van der Waals surface area contributed by atoms with Crippen molar-refractivity contribution in [2.24, 2.45) is 0 Å². The summed E-state index contributed by atoms with van der Waals surface area (Å²) in [6.45, 7) is 2.46. The summed E-state index contributed by atoms with van der Waals surface area (Å²) in [7, 11) is 1.65. The van der Waals surface area contributed by atoms with E-state index in [2.05, 4.69) is 0 Å². The Bertz CT molecular complexity index is 642. The quantitative estimate of drug-likeness (QED) is 0.684. The molecule has 0 saturated heterocycles. The number of ether oxygens (including phenoxy) is 1. The van der Waals surface area contributed by atoms with Gasteiger partial charge in [-0.05, 0) is 29.2 Å². The maximum atomic E-state index is 12.5. The lowest BCUT2D eigenvalue weighted by Gasteiger charge is -2.05. The number of carbonyl (C=O) groups is 1. The smallest absolute Gasteiger partial charge is 0.194 e. The molecule has 18 heavy (non-hydrogen) atoms. The first-order valence-corrected chi connectivity index (χ1v) is 5.99. The van der Waals surface area contributed by atoms with E-state index in [4.69, 9.17) is 4.74 Å². The molecular formula is C16H14O2. The highest BCUT2D eigenvalue weighted by Crippen LogP contribution is 2.39. The van der Waals surface area contributed by atoms with Crippen LogP contribution in [0.5, 0.6) is 0 Å². The predicted molar refractivity (Wildman–Crippen MR) is 70.8 cm³/mol. The van der Waals surface area contributed by atoms with Crippen molar-refractivity contribution in [3.05, 3.63) is 58.7 Å². The van der Waals surface area contributed by atoms with E-state index in [0.29, 0.717) is 6.61 Å². The summed E-state index contributed by atoms with van der Waals surface area (Å²) in [6, 6.07) is 12.0. The Hall–Kier alpha value is -1.93. The lowest BCUT2D eigenvalue weighted by molar-refractivity contribution is 0.103. The van der Waals surface area contributed by atoms with Crippen molar-refractivity contribution in [2.45, 2.75) is 13.5 Å². The average Bonchev–Trinajstić information content (AvgIpc) is 2.66. The minimum Gasteiger partial charge on any atom is -0.380 e. The number of carbonyl (C=O) groups excluding carboxylic acids is 1. The Kier molecular flexibility index (Phi) is 2.53. The molecule has 0 aromatic heterocycles. The lowest BCUT2D eigenvalue weighted by atomic mass is 10.0. The van der Waals surface area contributed by atoms with Gasteiger partial charge in [-0.25, -0.2) is 0 Å². The molecule has 2 heteroatoms. The molecule has 90 valence electrons. The molecule has 0 aliphatic heterocycles. The van der Waals surface area contributed by atoms with Crippen molar-refractivity contribution in [1.82, 2.24) is 0 Å². The van der Waals surface area contributed by atoms with E-state index in [0.717, 1.165) is 33.4 Å². The van der Waals surface area contributed by atoms with Crippen LogP contribution in [0.25, 0.3) is 11.1 Å². The third-order valence-electron chi connectivity index (χ3n) is 3.47. The number of rotatable bonds is 2. The molecule has 2 nitrogen and oxygen atoms in total. The van der Waals surface area contributed by atoms with E-state index < -0.39 is 0 Å². The fourth-order valence-electron chi connectivity index (χ4n) is 2.69. The number of fused-ring (bicyclic) bond motifs is 3. The molecule has 2 aromatic rings. The van der Waals surface area contributed by atoms with Gasteiger partial charge in [-0.3, -0.25) is 4.79 Å². The topological polar surface area (TPSA) is 26.3 Å². The van der Waals surface area contributed by atoms with Crippen LogP contribution in [-0.2, 0) is 11.3 Å². The largest absolute Gasteiger partial charge is 0.380 e. The van der Waals surface area contributed by atoms with Gasteiger partial charge in [0.15, 0.2) is 5.78 Å². The maximum Gasteiger partial charge on any atom is 0.194 e. The highest BCUT2D eigenvalue weighted by Gasteiger charge is 2.29. The molecule has 0 radical (unpaired) electrons. The minimum absolute atomic E-state index is 0.130. The van der Waals surface area contributed by atoms with Crippen molar-refractivity contribution in [3.8, 4) is 11.1 Å². The molecule has 0 bridgehead atoms. The van der Waals surface area contributed by atoms with E-state index in [1.807, 2.05) is 43.3 Å². The molecule has 0 spiro atoms.